The molecular weight excluding hydrogens is 304 g/mol. The summed E-state index contributed by atoms with van der Waals surface area (Å²) in [6, 6.07) is 0. The van der Waals surface area contributed by atoms with Gasteiger partial charge in [-0.25, -0.2) is 0 Å². The molecule has 134 valence electrons. The van der Waals surface area contributed by atoms with E-state index in [4.69, 9.17) is 10.2 Å². The molecule has 0 aliphatic rings. The maximum Gasteiger partial charge on any atom is 0.303 e. The van der Waals surface area contributed by atoms with Crippen LogP contribution in [-0.4, -0.2) is 22.2 Å². The van der Waals surface area contributed by atoms with E-state index in [9.17, 15) is 9.59 Å². The molecule has 0 amide bonds. The predicted molar refractivity (Wildman–Crippen MR) is 95.5 cm³/mol. The summed E-state index contributed by atoms with van der Waals surface area (Å²) < 4.78 is 0. The van der Waals surface area contributed by atoms with Gasteiger partial charge in [-0.2, -0.15) is 0 Å². The second-order valence-corrected chi connectivity index (χ2v) is 5.93. The molecule has 4 heteroatoms. The lowest BCUT2D eigenvalue weighted by molar-refractivity contribution is -0.138. The lowest BCUT2D eigenvalue weighted by Gasteiger charge is -1.98. The van der Waals surface area contributed by atoms with Gasteiger partial charge in [0.15, 0.2) is 0 Å². The minimum Gasteiger partial charge on any atom is -0.481 e. The van der Waals surface area contributed by atoms with Crippen LogP contribution in [0.25, 0.3) is 0 Å². The van der Waals surface area contributed by atoms with E-state index in [1.807, 2.05) is 0 Å². The highest BCUT2D eigenvalue weighted by molar-refractivity contribution is 5.66. The molecule has 0 aromatic rings. The van der Waals surface area contributed by atoms with Crippen LogP contribution in [0.3, 0.4) is 0 Å². The molecule has 0 rings (SSSR count). The first-order valence-electron chi connectivity index (χ1n) is 9.02. The first kappa shape index (κ1) is 22.1. The molecule has 0 fully saturated rings. The Labute approximate surface area is 146 Å². The highest BCUT2D eigenvalue weighted by atomic mass is 16.4. The van der Waals surface area contributed by atoms with Crippen LogP contribution < -0.4 is 0 Å². The van der Waals surface area contributed by atoms with E-state index >= 15 is 0 Å². The van der Waals surface area contributed by atoms with Gasteiger partial charge in [0.1, 0.15) is 0 Å². The van der Waals surface area contributed by atoms with Gasteiger partial charge in [0.25, 0.3) is 0 Å². The van der Waals surface area contributed by atoms with Crippen LogP contribution >= 0.6 is 0 Å². The molecule has 0 radical (unpaired) electrons. The Kier molecular flexibility index (Phi) is 16.0. The van der Waals surface area contributed by atoms with E-state index < -0.39 is 11.9 Å². The van der Waals surface area contributed by atoms with Crippen LogP contribution in [0.4, 0.5) is 0 Å². The Balaban J connectivity index is 3.30. The molecule has 0 heterocycles. The first-order chi connectivity index (χ1) is 11.6. The fourth-order valence-corrected chi connectivity index (χ4v) is 2.25. The van der Waals surface area contributed by atoms with Crippen LogP contribution in [0.2, 0.25) is 0 Å². The Morgan fingerprint density at radius 2 is 0.875 bits per heavy atom. The summed E-state index contributed by atoms with van der Waals surface area (Å²) in [6.07, 6.45) is 12.3. The van der Waals surface area contributed by atoms with Gasteiger partial charge in [0.2, 0.25) is 0 Å². The van der Waals surface area contributed by atoms with E-state index in [0.717, 1.165) is 77.0 Å². The average molecular weight is 334 g/mol. The third kappa shape index (κ3) is 20.1. The number of aliphatic carboxylic acids is 2. The number of carbonyl (C=O) groups is 2. The maximum atomic E-state index is 10.3. The number of hydrogen-bond donors (Lipinski definition) is 2. The second-order valence-electron chi connectivity index (χ2n) is 5.93. The monoisotopic (exact) mass is 334 g/mol. The molecule has 2 N–H and O–H groups in total. The van der Waals surface area contributed by atoms with Crippen molar-refractivity contribution in [1.82, 2.24) is 0 Å². The molecule has 0 atom stereocenters. The molecule has 0 saturated heterocycles. The molecule has 0 aliphatic heterocycles. The Morgan fingerprint density at radius 3 is 1.25 bits per heavy atom. The topological polar surface area (TPSA) is 74.6 Å². The van der Waals surface area contributed by atoms with Crippen molar-refractivity contribution >= 4 is 11.9 Å². The molecule has 24 heavy (non-hydrogen) atoms. The summed E-state index contributed by atoms with van der Waals surface area (Å²) in [5.74, 6) is 10.4. The molecule has 0 spiro atoms. The van der Waals surface area contributed by atoms with Crippen molar-refractivity contribution in [3.05, 3.63) is 0 Å². The van der Waals surface area contributed by atoms with Gasteiger partial charge in [-0.1, -0.05) is 50.4 Å². The van der Waals surface area contributed by atoms with Crippen molar-refractivity contribution in [2.45, 2.75) is 89.9 Å². The van der Waals surface area contributed by atoms with E-state index in [-0.39, 0.29) is 12.8 Å². The van der Waals surface area contributed by atoms with Gasteiger partial charge >= 0.3 is 11.9 Å². The lowest BCUT2D eigenvalue weighted by Crippen LogP contribution is -1.93. The van der Waals surface area contributed by atoms with Gasteiger partial charge < -0.3 is 10.2 Å². The predicted octanol–water partition coefficient (Wildman–Crippen LogP) is 4.62. The summed E-state index contributed by atoms with van der Waals surface area (Å²) in [5, 5.41) is 17.0. The zero-order valence-corrected chi connectivity index (χ0v) is 14.6. The summed E-state index contributed by atoms with van der Waals surface area (Å²) in [6.45, 7) is 0. The van der Waals surface area contributed by atoms with E-state index in [1.54, 1.807) is 0 Å². The molecule has 4 nitrogen and oxygen atoms in total. The molecule has 0 unspecified atom stereocenters. The largest absolute Gasteiger partial charge is 0.481 e. The summed E-state index contributed by atoms with van der Waals surface area (Å²) >= 11 is 0. The fourth-order valence-electron chi connectivity index (χ4n) is 2.25. The van der Waals surface area contributed by atoms with Gasteiger partial charge in [0, 0.05) is 25.7 Å². The van der Waals surface area contributed by atoms with E-state index in [1.165, 1.54) is 0 Å². The molecule has 0 aromatic heterocycles. The standard InChI is InChI=1S/C20H30O4/c21-19(22)17-15-13-11-9-7-5-3-1-2-4-6-8-10-12-14-16-18-20(23)24/h3,5,7-18H2,(H,21,22)(H,23,24). The fraction of sp³-hybridized carbons (Fsp3) is 0.700. The summed E-state index contributed by atoms with van der Waals surface area (Å²) in [5.41, 5.74) is 0. The summed E-state index contributed by atoms with van der Waals surface area (Å²) in [7, 11) is 0. The third-order valence-electron chi connectivity index (χ3n) is 3.62. The quantitative estimate of drug-likeness (QED) is 0.359. The number of unbranched alkanes of at least 4 members (excludes halogenated alkanes) is 10. The van der Waals surface area contributed by atoms with E-state index in [2.05, 4.69) is 23.7 Å². The molecule has 0 bridgehead atoms. The van der Waals surface area contributed by atoms with Crippen molar-refractivity contribution in [2.75, 3.05) is 0 Å². The van der Waals surface area contributed by atoms with Crippen molar-refractivity contribution in [1.29, 1.82) is 0 Å². The molecule has 0 aromatic carbocycles. The van der Waals surface area contributed by atoms with Crippen LogP contribution in [0.15, 0.2) is 0 Å². The third-order valence-corrected chi connectivity index (χ3v) is 3.62. The van der Waals surface area contributed by atoms with Crippen molar-refractivity contribution in [3.8, 4) is 23.7 Å². The van der Waals surface area contributed by atoms with Gasteiger partial charge in [0.05, 0.1) is 0 Å². The van der Waals surface area contributed by atoms with Crippen LogP contribution in [0.5, 0.6) is 0 Å². The molecule has 0 saturated carbocycles. The normalized spacial score (nSPS) is 9.50. The van der Waals surface area contributed by atoms with Gasteiger partial charge in [-0.3, -0.25) is 9.59 Å². The number of hydrogen-bond acceptors (Lipinski definition) is 2. The zero-order chi connectivity index (χ0) is 17.9. The molecule has 0 aliphatic carbocycles. The van der Waals surface area contributed by atoms with Crippen molar-refractivity contribution in [3.63, 3.8) is 0 Å². The van der Waals surface area contributed by atoms with E-state index in [0.29, 0.717) is 0 Å². The smallest absolute Gasteiger partial charge is 0.303 e. The van der Waals surface area contributed by atoms with Crippen molar-refractivity contribution < 1.29 is 19.8 Å². The number of carboxylic acid groups (broad SMARTS) is 2. The number of rotatable bonds is 14. The van der Waals surface area contributed by atoms with Crippen LogP contribution in [0.1, 0.15) is 89.9 Å². The van der Waals surface area contributed by atoms with Crippen LogP contribution in [-0.2, 0) is 9.59 Å². The van der Waals surface area contributed by atoms with Gasteiger partial charge in [-0.15, -0.1) is 0 Å². The number of carboxylic acids is 2. The Hall–Kier alpha value is -1.94. The highest BCUT2D eigenvalue weighted by Crippen LogP contribution is 2.08. The minimum absolute atomic E-state index is 0.263. The Bertz CT molecular complexity index is 460. The summed E-state index contributed by atoms with van der Waals surface area (Å²) in [4.78, 5) is 20.7. The SMILES string of the molecule is O=C(O)CCCCCCC#CC#CCCCCCCCCC(=O)O. The average Bonchev–Trinajstić information content (AvgIpc) is 2.53. The Morgan fingerprint density at radius 1 is 0.542 bits per heavy atom. The van der Waals surface area contributed by atoms with Gasteiger partial charge in [-0.05, 0) is 37.5 Å². The second kappa shape index (κ2) is 17.4. The maximum absolute atomic E-state index is 10.3. The van der Waals surface area contributed by atoms with Crippen molar-refractivity contribution in [2.24, 2.45) is 0 Å². The lowest BCUT2D eigenvalue weighted by atomic mass is 10.1. The van der Waals surface area contributed by atoms with Crippen LogP contribution in [0, 0.1) is 23.7 Å². The highest BCUT2D eigenvalue weighted by Gasteiger charge is 1.96. The minimum atomic E-state index is -0.719. The first-order valence-corrected chi connectivity index (χ1v) is 9.02. The zero-order valence-electron chi connectivity index (χ0n) is 14.6. The molecular formula is C20H30O4.